The summed E-state index contributed by atoms with van der Waals surface area (Å²) in [5.74, 6) is 0.0610. The SMILES string of the molecule is Cc1noc(C)c1S(=O)(=O)N1CCN([C@@H](C)c2ccc(F)cc2)CC1. The van der Waals surface area contributed by atoms with E-state index in [9.17, 15) is 12.8 Å². The molecule has 136 valence electrons. The van der Waals surface area contributed by atoms with Crippen LogP contribution in [0.25, 0.3) is 0 Å². The summed E-state index contributed by atoms with van der Waals surface area (Å²) in [5.41, 5.74) is 1.41. The quantitative estimate of drug-likeness (QED) is 0.831. The van der Waals surface area contributed by atoms with E-state index in [-0.39, 0.29) is 16.8 Å². The van der Waals surface area contributed by atoms with Crippen LogP contribution in [0.2, 0.25) is 0 Å². The lowest BCUT2D eigenvalue weighted by Crippen LogP contribution is -2.49. The maximum absolute atomic E-state index is 13.1. The first-order valence-corrected chi connectivity index (χ1v) is 9.67. The number of nitrogens with zero attached hydrogens (tertiary/aromatic N) is 3. The zero-order valence-corrected chi connectivity index (χ0v) is 15.4. The van der Waals surface area contributed by atoms with Gasteiger partial charge in [-0.25, -0.2) is 12.8 Å². The number of hydrogen-bond acceptors (Lipinski definition) is 5. The molecule has 1 aliphatic rings. The number of rotatable bonds is 4. The number of hydrogen-bond donors (Lipinski definition) is 0. The van der Waals surface area contributed by atoms with Gasteiger partial charge in [0.1, 0.15) is 16.4 Å². The molecule has 0 saturated carbocycles. The Labute approximate surface area is 147 Å². The highest BCUT2D eigenvalue weighted by atomic mass is 32.2. The van der Waals surface area contributed by atoms with Gasteiger partial charge in [-0.2, -0.15) is 4.31 Å². The van der Waals surface area contributed by atoms with Gasteiger partial charge in [0.15, 0.2) is 5.76 Å². The van der Waals surface area contributed by atoms with Gasteiger partial charge in [-0.15, -0.1) is 0 Å². The molecule has 0 unspecified atom stereocenters. The number of aromatic nitrogens is 1. The molecule has 8 heteroatoms. The smallest absolute Gasteiger partial charge is 0.248 e. The highest BCUT2D eigenvalue weighted by Crippen LogP contribution is 2.27. The van der Waals surface area contributed by atoms with Crippen LogP contribution in [-0.2, 0) is 10.0 Å². The van der Waals surface area contributed by atoms with Crippen LogP contribution < -0.4 is 0 Å². The molecule has 0 aliphatic carbocycles. The van der Waals surface area contributed by atoms with E-state index in [1.165, 1.54) is 16.4 Å². The second-order valence-corrected chi connectivity index (χ2v) is 8.20. The molecule has 1 aromatic carbocycles. The summed E-state index contributed by atoms with van der Waals surface area (Å²) in [4.78, 5) is 2.37. The molecule has 1 atom stereocenters. The fourth-order valence-corrected chi connectivity index (χ4v) is 4.97. The second kappa shape index (κ2) is 6.86. The van der Waals surface area contributed by atoms with Crippen molar-refractivity contribution in [3.63, 3.8) is 0 Å². The first kappa shape index (κ1) is 18.0. The van der Waals surface area contributed by atoms with E-state index < -0.39 is 10.0 Å². The minimum absolute atomic E-state index is 0.101. The van der Waals surface area contributed by atoms with Gasteiger partial charge in [-0.3, -0.25) is 4.90 Å². The zero-order valence-electron chi connectivity index (χ0n) is 14.6. The van der Waals surface area contributed by atoms with Crippen molar-refractivity contribution in [2.24, 2.45) is 0 Å². The number of sulfonamides is 1. The molecular formula is C17H22FN3O3S. The molecule has 1 saturated heterocycles. The van der Waals surface area contributed by atoms with Gasteiger partial charge in [0.05, 0.1) is 0 Å². The molecule has 6 nitrogen and oxygen atoms in total. The molecule has 2 aromatic rings. The summed E-state index contributed by atoms with van der Waals surface area (Å²) >= 11 is 0. The Hall–Kier alpha value is -1.77. The molecule has 0 amide bonds. The van der Waals surface area contributed by atoms with Crippen LogP contribution in [0.15, 0.2) is 33.7 Å². The molecule has 0 N–H and O–H groups in total. The number of halogens is 1. The fraction of sp³-hybridized carbons (Fsp3) is 0.471. The van der Waals surface area contributed by atoms with E-state index in [4.69, 9.17) is 4.52 Å². The largest absolute Gasteiger partial charge is 0.360 e. The molecular weight excluding hydrogens is 345 g/mol. The predicted molar refractivity (Wildman–Crippen MR) is 91.1 cm³/mol. The van der Waals surface area contributed by atoms with Gasteiger partial charge in [0.2, 0.25) is 10.0 Å². The Morgan fingerprint density at radius 1 is 1.12 bits per heavy atom. The summed E-state index contributed by atoms with van der Waals surface area (Å²) in [6, 6.07) is 6.54. The van der Waals surface area contributed by atoms with Crippen LogP contribution in [0.3, 0.4) is 0 Å². The first-order valence-electron chi connectivity index (χ1n) is 8.23. The van der Waals surface area contributed by atoms with Crippen molar-refractivity contribution in [1.82, 2.24) is 14.4 Å². The lowest BCUT2D eigenvalue weighted by Gasteiger charge is -2.37. The normalized spacial score (nSPS) is 18.4. The van der Waals surface area contributed by atoms with Crippen LogP contribution in [0.1, 0.15) is 30.0 Å². The highest BCUT2D eigenvalue weighted by Gasteiger charge is 2.34. The third kappa shape index (κ3) is 3.47. The fourth-order valence-electron chi connectivity index (χ4n) is 3.26. The van der Waals surface area contributed by atoms with E-state index in [0.29, 0.717) is 37.6 Å². The molecule has 0 spiro atoms. The minimum atomic E-state index is -3.60. The Balaban J connectivity index is 1.70. The highest BCUT2D eigenvalue weighted by molar-refractivity contribution is 7.89. The van der Waals surface area contributed by atoms with Gasteiger partial charge >= 0.3 is 0 Å². The van der Waals surface area contributed by atoms with E-state index in [2.05, 4.69) is 10.1 Å². The Morgan fingerprint density at radius 2 is 1.72 bits per heavy atom. The van der Waals surface area contributed by atoms with Crippen molar-refractivity contribution >= 4 is 10.0 Å². The van der Waals surface area contributed by atoms with E-state index in [1.807, 2.05) is 6.92 Å². The Kier molecular flexibility index (Phi) is 4.95. The van der Waals surface area contributed by atoms with Crippen molar-refractivity contribution in [2.45, 2.75) is 31.7 Å². The molecule has 1 fully saturated rings. The lowest BCUT2D eigenvalue weighted by atomic mass is 10.1. The van der Waals surface area contributed by atoms with Crippen LogP contribution in [0.4, 0.5) is 4.39 Å². The first-order chi connectivity index (χ1) is 11.8. The Morgan fingerprint density at radius 3 is 2.24 bits per heavy atom. The summed E-state index contributed by atoms with van der Waals surface area (Å²) in [5, 5.41) is 3.75. The van der Waals surface area contributed by atoms with Crippen LogP contribution in [0, 0.1) is 19.7 Å². The van der Waals surface area contributed by atoms with E-state index >= 15 is 0 Å². The number of piperazine rings is 1. The van der Waals surface area contributed by atoms with Crippen molar-refractivity contribution in [3.05, 3.63) is 47.1 Å². The average molecular weight is 367 g/mol. The zero-order chi connectivity index (χ0) is 18.2. The van der Waals surface area contributed by atoms with Crippen molar-refractivity contribution in [2.75, 3.05) is 26.2 Å². The lowest BCUT2D eigenvalue weighted by molar-refractivity contribution is 0.145. The van der Waals surface area contributed by atoms with Crippen LogP contribution in [0.5, 0.6) is 0 Å². The molecule has 1 aliphatic heterocycles. The minimum Gasteiger partial charge on any atom is -0.360 e. The van der Waals surface area contributed by atoms with Crippen molar-refractivity contribution in [1.29, 1.82) is 0 Å². The number of benzene rings is 1. The monoisotopic (exact) mass is 367 g/mol. The van der Waals surface area contributed by atoms with E-state index in [0.717, 1.165) is 5.56 Å². The van der Waals surface area contributed by atoms with Crippen LogP contribution in [-0.4, -0.2) is 49.0 Å². The molecule has 0 radical (unpaired) electrons. The maximum atomic E-state index is 13.1. The number of aryl methyl sites for hydroxylation is 2. The van der Waals surface area contributed by atoms with Gasteiger partial charge in [0.25, 0.3) is 0 Å². The maximum Gasteiger partial charge on any atom is 0.248 e. The third-order valence-corrected chi connectivity index (χ3v) is 6.88. The van der Waals surface area contributed by atoms with Crippen molar-refractivity contribution < 1.29 is 17.3 Å². The molecule has 2 heterocycles. The van der Waals surface area contributed by atoms with Gasteiger partial charge in [-0.05, 0) is 38.5 Å². The summed E-state index contributed by atoms with van der Waals surface area (Å²) in [6.45, 7) is 7.32. The van der Waals surface area contributed by atoms with Gasteiger partial charge < -0.3 is 4.52 Å². The average Bonchev–Trinajstić information content (AvgIpc) is 2.94. The second-order valence-electron chi connectivity index (χ2n) is 6.32. The van der Waals surface area contributed by atoms with Crippen molar-refractivity contribution in [3.8, 4) is 0 Å². The molecule has 3 rings (SSSR count). The predicted octanol–water partition coefficient (Wildman–Crippen LogP) is 2.50. The van der Waals surface area contributed by atoms with Crippen LogP contribution >= 0.6 is 0 Å². The Bertz CT molecular complexity index is 821. The third-order valence-electron chi connectivity index (χ3n) is 4.74. The summed E-state index contributed by atoms with van der Waals surface area (Å²) < 4.78 is 45.2. The summed E-state index contributed by atoms with van der Waals surface area (Å²) in [6.07, 6.45) is 0. The molecule has 1 aromatic heterocycles. The topological polar surface area (TPSA) is 66.7 Å². The van der Waals surface area contributed by atoms with E-state index in [1.54, 1.807) is 26.0 Å². The summed E-state index contributed by atoms with van der Waals surface area (Å²) in [7, 11) is -3.60. The standard InChI is InChI=1S/C17H22FN3O3S/c1-12-17(14(3)24-19-12)25(22,23)21-10-8-20(9-11-21)13(2)15-4-6-16(18)7-5-15/h4-7,13H,8-11H2,1-3H3/t13-/m0/s1. The van der Waals surface area contributed by atoms with Gasteiger partial charge in [0, 0.05) is 32.2 Å². The van der Waals surface area contributed by atoms with Gasteiger partial charge in [-0.1, -0.05) is 17.3 Å². The molecule has 25 heavy (non-hydrogen) atoms. The molecule has 0 bridgehead atoms.